The molecule has 0 bridgehead atoms. The molecule has 1 amide bonds. The van der Waals surface area contributed by atoms with E-state index in [1.54, 1.807) is 19.1 Å². The molecule has 0 atom stereocenters. The molecule has 0 spiro atoms. The lowest BCUT2D eigenvalue weighted by Crippen LogP contribution is -2.48. The number of carbonyl (C=O) groups excluding carboxylic acids is 1. The van der Waals surface area contributed by atoms with Crippen LogP contribution in [-0.2, 0) is 16.8 Å². The summed E-state index contributed by atoms with van der Waals surface area (Å²) in [6.07, 6.45) is 2.87. The number of hydrogen-bond acceptors (Lipinski definition) is 1. The Morgan fingerprint density at radius 1 is 1.18 bits per heavy atom. The van der Waals surface area contributed by atoms with Gasteiger partial charge in [-0.25, -0.2) is 4.39 Å². The fourth-order valence-electron chi connectivity index (χ4n) is 3.10. The van der Waals surface area contributed by atoms with E-state index < -0.39 is 0 Å². The van der Waals surface area contributed by atoms with Gasteiger partial charge in [0.1, 0.15) is 5.82 Å². The van der Waals surface area contributed by atoms with Gasteiger partial charge in [-0.2, -0.15) is 0 Å². The van der Waals surface area contributed by atoms with Crippen molar-refractivity contribution in [3.8, 4) is 0 Å². The van der Waals surface area contributed by atoms with Gasteiger partial charge in [0.15, 0.2) is 0 Å². The van der Waals surface area contributed by atoms with E-state index in [1.165, 1.54) is 6.07 Å². The Kier molecular flexibility index (Phi) is 3.97. The highest BCUT2D eigenvalue weighted by Gasteiger charge is 2.45. The van der Waals surface area contributed by atoms with Gasteiger partial charge in [0.05, 0.1) is 5.41 Å². The second-order valence-electron chi connectivity index (χ2n) is 6.07. The third-order valence-corrected chi connectivity index (χ3v) is 4.64. The maximum Gasteiger partial charge on any atom is 0.230 e. The van der Waals surface area contributed by atoms with Crippen molar-refractivity contribution in [1.29, 1.82) is 0 Å². The molecule has 22 heavy (non-hydrogen) atoms. The number of amides is 1. The van der Waals surface area contributed by atoms with E-state index in [0.29, 0.717) is 12.1 Å². The molecule has 1 saturated carbocycles. The molecule has 0 aromatic heterocycles. The predicted molar refractivity (Wildman–Crippen MR) is 85.0 cm³/mol. The molecule has 0 saturated heterocycles. The Labute approximate surface area is 130 Å². The molecular weight excluding hydrogens is 277 g/mol. The van der Waals surface area contributed by atoms with Crippen LogP contribution in [0.15, 0.2) is 48.5 Å². The lowest BCUT2D eigenvalue weighted by molar-refractivity contribution is -0.130. The van der Waals surface area contributed by atoms with E-state index >= 15 is 0 Å². The summed E-state index contributed by atoms with van der Waals surface area (Å²) in [5.41, 5.74) is 2.24. The molecule has 0 radical (unpaired) electrons. The van der Waals surface area contributed by atoms with Crippen molar-refractivity contribution in [2.75, 3.05) is 0 Å². The van der Waals surface area contributed by atoms with Crippen molar-refractivity contribution in [3.05, 3.63) is 71.0 Å². The molecule has 0 heterocycles. The van der Waals surface area contributed by atoms with Gasteiger partial charge in [0, 0.05) is 6.54 Å². The van der Waals surface area contributed by atoms with Crippen LogP contribution in [-0.4, -0.2) is 5.91 Å². The molecule has 3 rings (SSSR count). The lowest BCUT2D eigenvalue weighted by Gasteiger charge is -2.40. The number of benzene rings is 2. The van der Waals surface area contributed by atoms with E-state index in [1.807, 2.05) is 30.3 Å². The second-order valence-corrected chi connectivity index (χ2v) is 6.07. The van der Waals surface area contributed by atoms with Crippen LogP contribution in [0.1, 0.15) is 36.0 Å². The summed E-state index contributed by atoms with van der Waals surface area (Å²) in [6.45, 7) is 2.17. The molecule has 1 aliphatic rings. The molecule has 2 aromatic rings. The quantitative estimate of drug-likeness (QED) is 0.912. The Hall–Kier alpha value is -2.16. The van der Waals surface area contributed by atoms with Crippen LogP contribution in [0.5, 0.6) is 0 Å². The summed E-state index contributed by atoms with van der Waals surface area (Å²) >= 11 is 0. The first kappa shape index (κ1) is 14.8. The molecule has 0 aliphatic heterocycles. The predicted octanol–water partition coefficient (Wildman–Crippen LogP) is 3.87. The third-order valence-electron chi connectivity index (χ3n) is 4.64. The summed E-state index contributed by atoms with van der Waals surface area (Å²) < 4.78 is 13.3. The second kappa shape index (κ2) is 5.91. The van der Waals surface area contributed by atoms with Gasteiger partial charge in [0.2, 0.25) is 5.91 Å². The van der Waals surface area contributed by atoms with E-state index in [-0.39, 0.29) is 17.1 Å². The fraction of sp³-hybridized carbons (Fsp3) is 0.316. The number of nitrogens with one attached hydrogen (secondary N) is 1. The Morgan fingerprint density at radius 3 is 2.50 bits per heavy atom. The van der Waals surface area contributed by atoms with Crippen molar-refractivity contribution >= 4 is 5.91 Å². The molecule has 0 unspecified atom stereocenters. The largest absolute Gasteiger partial charge is 0.351 e. The third kappa shape index (κ3) is 2.63. The minimum atomic E-state index is -0.379. The van der Waals surface area contributed by atoms with Crippen molar-refractivity contribution < 1.29 is 9.18 Å². The van der Waals surface area contributed by atoms with Gasteiger partial charge < -0.3 is 5.32 Å². The minimum absolute atomic E-state index is 0.0759. The Bertz CT molecular complexity index is 677. The maximum absolute atomic E-state index is 13.3. The highest BCUT2D eigenvalue weighted by Crippen LogP contribution is 2.43. The Morgan fingerprint density at radius 2 is 1.91 bits per heavy atom. The van der Waals surface area contributed by atoms with Gasteiger partial charge >= 0.3 is 0 Å². The van der Waals surface area contributed by atoms with Crippen LogP contribution >= 0.6 is 0 Å². The first-order valence-corrected chi connectivity index (χ1v) is 7.71. The first-order valence-electron chi connectivity index (χ1n) is 7.71. The topological polar surface area (TPSA) is 29.1 Å². The van der Waals surface area contributed by atoms with Crippen molar-refractivity contribution in [1.82, 2.24) is 5.32 Å². The average molecular weight is 297 g/mol. The van der Waals surface area contributed by atoms with Crippen molar-refractivity contribution in [2.45, 2.75) is 38.1 Å². The fourth-order valence-corrected chi connectivity index (χ4v) is 3.10. The number of hydrogen-bond donors (Lipinski definition) is 1. The molecule has 1 aliphatic carbocycles. The van der Waals surface area contributed by atoms with Crippen LogP contribution in [0.2, 0.25) is 0 Å². The first-order chi connectivity index (χ1) is 10.6. The van der Waals surface area contributed by atoms with Gasteiger partial charge in [-0.15, -0.1) is 0 Å². The van der Waals surface area contributed by atoms with E-state index in [2.05, 4.69) is 5.32 Å². The van der Waals surface area contributed by atoms with E-state index in [9.17, 15) is 9.18 Å². The number of aryl methyl sites for hydroxylation is 1. The molecule has 3 heteroatoms. The number of carbonyl (C=O) groups is 1. The standard InChI is InChI=1S/C19H20FNO/c1-14-12-15(8-9-17(14)20)13-21-18(22)19(10-5-11-19)16-6-3-2-4-7-16/h2-4,6-9,12H,5,10-11,13H2,1H3,(H,21,22). The van der Waals surface area contributed by atoms with Gasteiger partial charge in [0.25, 0.3) is 0 Å². The molecule has 2 aromatic carbocycles. The Balaban J connectivity index is 1.72. The highest BCUT2D eigenvalue weighted by atomic mass is 19.1. The van der Waals surface area contributed by atoms with Crippen LogP contribution in [0.25, 0.3) is 0 Å². The highest BCUT2D eigenvalue weighted by molar-refractivity contribution is 5.89. The van der Waals surface area contributed by atoms with Crippen LogP contribution in [0.3, 0.4) is 0 Å². The van der Waals surface area contributed by atoms with E-state index in [0.717, 1.165) is 30.4 Å². The van der Waals surface area contributed by atoms with Crippen molar-refractivity contribution in [3.63, 3.8) is 0 Å². The van der Waals surface area contributed by atoms with Gasteiger partial charge in [-0.05, 0) is 42.5 Å². The van der Waals surface area contributed by atoms with Crippen molar-refractivity contribution in [2.24, 2.45) is 0 Å². The van der Waals surface area contributed by atoms with Gasteiger partial charge in [-0.3, -0.25) is 4.79 Å². The minimum Gasteiger partial charge on any atom is -0.351 e. The maximum atomic E-state index is 13.3. The number of rotatable bonds is 4. The zero-order valence-corrected chi connectivity index (χ0v) is 12.7. The molecular formula is C19H20FNO. The monoisotopic (exact) mass is 297 g/mol. The molecule has 1 N–H and O–H groups in total. The summed E-state index contributed by atoms with van der Waals surface area (Å²) in [6, 6.07) is 14.9. The smallest absolute Gasteiger partial charge is 0.230 e. The summed E-state index contributed by atoms with van der Waals surface area (Å²) in [7, 11) is 0. The average Bonchev–Trinajstić information content (AvgIpc) is 2.48. The zero-order valence-electron chi connectivity index (χ0n) is 12.7. The summed E-state index contributed by atoms with van der Waals surface area (Å²) in [5, 5.41) is 3.03. The molecule has 114 valence electrons. The van der Waals surface area contributed by atoms with Crippen LogP contribution in [0, 0.1) is 12.7 Å². The summed E-state index contributed by atoms with van der Waals surface area (Å²) in [4.78, 5) is 12.7. The van der Waals surface area contributed by atoms with Crippen LogP contribution in [0.4, 0.5) is 4.39 Å². The van der Waals surface area contributed by atoms with Crippen LogP contribution < -0.4 is 5.32 Å². The van der Waals surface area contributed by atoms with Gasteiger partial charge in [-0.1, -0.05) is 48.9 Å². The SMILES string of the molecule is Cc1cc(CNC(=O)C2(c3ccccc3)CCC2)ccc1F. The molecule has 1 fully saturated rings. The zero-order chi connectivity index (χ0) is 15.6. The molecule has 2 nitrogen and oxygen atoms in total. The van der Waals surface area contributed by atoms with E-state index in [4.69, 9.17) is 0 Å². The number of halogens is 1. The lowest BCUT2D eigenvalue weighted by atomic mass is 9.64. The summed E-state index contributed by atoms with van der Waals surface area (Å²) in [5.74, 6) is -0.137. The normalized spacial score (nSPS) is 15.9.